The summed E-state index contributed by atoms with van der Waals surface area (Å²) in [5, 5.41) is 2.85. The number of hydrogen-bond acceptors (Lipinski definition) is 5. The van der Waals surface area contributed by atoms with E-state index in [1.54, 1.807) is 31.2 Å². The van der Waals surface area contributed by atoms with Crippen LogP contribution < -0.4 is 14.4 Å². The molecule has 0 spiro atoms. The number of hydrogen-bond donors (Lipinski definition) is 1. The van der Waals surface area contributed by atoms with Crippen LogP contribution in [0.1, 0.15) is 32.8 Å². The summed E-state index contributed by atoms with van der Waals surface area (Å²) in [6.07, 6.45) is 1.61. The number of nitrogens with zero attached hydrogens (tertiary/aromatic N) is 2. The maximum Gasteiger partial charge on any atom is 0.244 e. The Bertz CT molecular complexity index is 1090. The number of carbonyl (C=O) groups is 2. The van der Waals surface area contributed by atoms with Crippen LogP contribution in [-0.4, -0.2) is 57.1 Å². The molecule has 0 unspecified atom stereocenters. The second-order valence-electron chi connectivity index (χ2n) is 8.08. The van der Waals surface area contributed by atoms with E-state index in [2.05, 4.69) is 5.32 Å². The number of carbonyl (C=O) groups excluding carboxylic acids is 2. The Morgan fingerprint density at radius 2 is 1.71 bits per heavy atom. The first-order valence-electron chi connectivity index (χ1n) is 10.9. The van der Waals surface area contributed by atoms with E-state index < -0.39 is 34.3 Å². The van der Waals surface area contributed by atoms with Gasteiger partial charge in [0.15, 0.2) is 0 Å². The molecule has 2 aromatic carbocycles. The first-order chi connectivity index (χ1) is 16.0. The van der Waals surface area contributed by atoms with Gasteiger partial charge in [-0.15, -0.1) is 0 Å². The van der Waals surface area contributed by atoms with E-state index in [-0.39, 0.29) is 24.2 Å². The predicted molar refractivity (Wildman–Crippen MR) is 129 cm³/mol. The Hall–Kier alpha value is -3.14. The molecule has 0 bridgehead atoms. The number of sulfonamides is 1. The third kappa shape index (κ3) is 7.18. The third-order valence-corrected chi connectivity index (χ3v) is 6.61. The van der Waals surface area contributed by atoms with Gasteiger partial charge in [0, 0.05) is 12.6 Å². The van der Waals surface area contributed by atoms with Gasteiger partial charge in [-0.3, -0.25) is 13.9 Å². The molecule has 0 heterocycles. The number of rotatable bonds is 11. The van der Waals surface area contributed by atoms with Crippen molar-refractivity contribution >= 4 is 27.5 Å². The minimum absolute atomic E-state index is 0.0484. The fraction of sp³-hybridized carbons (Fsp3) is 0.417. The van der Waals surface area contributed by atoms with Gasteiger partial charge in [0.05, 0.1) is 19.1 Å². The molecule has 0 aliphatic carbocycles. The largest absolute Gasteiger partial charge is 0.497 e. The van der Waals surface area contributed by atoms with Crippen LogP contribution in [-0.2, 0) is 26.2 Å². The molecule has 0 aliphatic rings. The lowest BCUT2D eigenvalue weighted by Gasteiger charge is -2.32. The van der Waals surface area contributed by atoms with Gasteiger partial charge in [-0.25, -0.2) is 12.8 Å². The van der Waals surface area contributed by atoms with Crippen LogP contribution in [0.4, 0.5) is 10.1 Å². The van der Waals surface area contributed by atoms with Crippen LogP contribution in [0.25, 0.3) is 0 Å². The molecule has 1 N–H and O–H groups in total. The highest BCUT2D eigenvalue weighted by atomic mass is 32.2. The van der Waals surface area contributed by atoms with Gasteiger partial charge < -0.3 is 15.0 Å². The zero-order valence-corrected chi connectivity index (χ0v) is 20.9. The Morgan fingerprint density at radius 3 is 2.24 bits per heavy atom. The summed E-state index contributed by atoms with van der Waals surface area (Å²) in [7, 11) is -2.45. The van der Waals surface area contributed by atoms with E-state index in [1.165, 1.54) is 30.2 Å². The molecule has 2 aromatic rings. The molecule has 0 aromatic heterocycles. The average Bonchev–Trinajstić information content (AvgIpc) is 2.80. The molecule has 0 fully saturated rings. The van der Waals surface area contributed by atoms with Crippen molar-refractivity contribution in [2.24, 2.45) is 0 Å². The van der Waals surface area contributed by atoms with Crippen molar-refractivity contribution in [3.05, 3.63) is 59.9 Å². The van der Waals surface area contributed by atoms with Crippen molar-refractivity contribution in [3.8, 4) is 5.75 Å². The number of halogens is 1. The molecule has 0 aliphatic heterocycles. The van der Waals surface area contributed by atoms with Crippen LogP contribution in [0.15, 0.2) is 48.5 Å². The van der Waals surface area contributed by atoms with Crippen molar-refractivity contribution in [3.63, 3.8) is 0 Å². The summed E-state index contributed by atoms with van der Waals surface area (Å²) >= 11 is 0. The Morgan fingerprint density at radius 1 is 1.09 bits per heavy atom. The van der Waals surface area contributed by atoms with Crippen LogP contribution in [0, 0.1) is 5.82 Å². The molecule has 0 radical (unpaired) electrons. The lowest BCUT2D eigenvalue weighted by atomic mass is 10.1. The highest BCUT2D eigenvalue weighted by molar-refractivity contribution is 7.92. The van der Waals surface area contributed by atoms with E-state index in [9.17, 15) is 22.4 Å². The Balaban J connectivity index is 2.39. The number of anilines is 1. The third-order valence-electron chi connectivity index (χ3n) is 5.48. The average molecular weight is 494 g/mol. The monoisotopic (exact) mass is 493 g/mol. The second kappa shape index (κ2) is 11.8. The van der Waals surface area contributed by atoms with Crippen LogP contribution in [0.5, 0.6) is 5.75 Å². The smallest absolute Gasteiger partial charge is 0.244 e. The SMILES string of the molecule is CC[C@@H](C)NC(=O)[C@H](C)N(Cc1ccc(OC)cc1)C(=O)CN(c1ccccc1F)S(C)(=O)=O. The van der Waals surface area contributed by atoms with Gasteiger partial charge in [0.25, 0.3) is 0 Å². The standard InChI is InChI=1S/C24H32FN3O5S/c1-6-17(2)26-24(30)18(3)27(15-19-11-13-20(33-4)14-12-19)23(29)16-28(34(5,31)32)22-10-8-7-9-21(22)25/h7-14,17-18H,6,15-16H2,1-5H3,(H,26,30)/t17-,18+/m1/s1. The van der Waals surface area contributed by atoms with Crippen molar-refractivity contribution < 1.29 is 27.1 Å². The second-order valence-corrected chi connectivity index (χ2v) is 9.99. The Kier molecular flexibility index (Phi) is 9.43. The number of nitrogens with one attached hydrogen (secondary N) is 1. The number of amides is 2. The van der Waals surface area contributed by atoms with Gasteiger partial charge in [-0.05, 0) is 50.1 Å². The van der Waals surface area contributed by atoms with Crippen molar-refractivity contribution in [2.45, 2.75) is 45.8 Å². The summed E-state index contributed by atoms with van der Waals surface area (Å²) in [6.45, 7) is 4.74. The van der Waals surface area contributed by atoms with E-state index >= 15 is 0 Å². The first-order valence-corrected chi connectivity index (χ1v) is 12.8. The molecule has 186 valence electrons. The lowest BCUT2D eigenvalue weighted by Crippen LogP contribution is -2.52. The predicted octanol–water partition coefficient (Wildman–Crippen LogP) is 2.93. The van der Waals surface area contributed by atoms with Crippen LogP contribution in [0.3, 0.4) is 0 Å². The molecule has 0 saturated carbocycles. The summed E-state index contributed by atoms with van der Waals surface area (Å²) < 4.78 is 45.2. The highest BCUT2D eigenvalue weighted by Crippen LogP contribution is 2.22. The van der Waals surface area contributed by atoms with Crippen LogP contribution >= 0.6 is 0 Å². The zero-order chi connectivity index (χ0) is 25.5. The molecule has 34 heavy (non-hydrogen) atoms. The number of para-hydroxylation sites is 1. The van der Waals surface area contributed by atoms with Crippen LogP contribution in [0.2, 0.25) is 0 Å². The quantitative estimate of drug-likeness (QED) is 0.519. The van der Waals surface area contributed by atoms with E-state index in [0.717, 1.165) is 12.3 Å². The van der Waals surface area contributed by atoms with Gasteiger partial charge in [-0.1, -0.05) is 31.2 Å². The van der Waals surface area contributed by atoms with E-state index in [1.807, 2.05) is 13.8 Å². The highest BCUT2D eigenvalue weighted by Gasteiger charge is 2.31. The molecule has 8 nitrogen and oxygen atoms in total. The van der Waals surface area contributed by atoms with Gasteiger partial charge >= 0.3 is 0 Å². The molecule has 2 atom stereocenters. The number of benzene rings is 2. The maximum absolute atomic E-state index is 14.4. The van der Waals surface area contributed by atoms with Gasteiger partial charge in [0.2, 0.25) is 21.8 Å². The fourth-order valence-electron chi connectivity index (χ4n) is 3.22. The molecule has 2 rings (SSSR count). The van der Waals surface area contributed by atoms with Crippen molar-refractivity contribution in [2.75, 3.05) is 24.2 Å². The van der Waals surface area contributed by atoms with Gasteiger partial charge in [-0.2, -0.15) is 0 Å². The molecular formula is C24H32FN3O5S. The minimum atomic E-state index is -3.99. The Labute approximate surface area is 200 Å². The first kappa shape index (κ1) is 27.1. The van der Waals surface area contributed by atoms with Gasteiger partial charge in [0.1, 0.15) is 24.2 Å². The fourth-order valence-corrected chi connectivity index (χ4v) is 4.07. The van der Waals surface area contributed by atoms with E-state index in [0.29, 0.717) is 22.0 Å². The maximum atomic E-state index is 14.4. The topological polar surface area (TPSA) is 96.0 Å². The van der Waals surface area contributed by atoms with E-state index in [4.69, 9.17) is 4.74 Å². The summed E-state index contributed by atoms with van der Waals surface area (Å²) in [4.78, 5) is 27.5. The number of methoxy groups -OCH3 is 1. The summed E-state index contributed by atoms with van der Waals surface area (Å²) in [6, 6.07) is 11.3. The lowest BCUT2D eigenvalue weighted by molar-refractivity contribution is -0.139. The normalized spacial score (nSPS) is 13.0. The zero-order valence-electron chi connectivity index (χ0n) is 20.1. The molecule has 10 heteroatoms. The number of ether oxygens (including phenoxy) is 1. The summed E-state index contributed by atoms with van der Waals surface area (Å²) in [5.74, 6) is -1.15. The van der Waals surface area contributed by atoms with Crippen molar-refractivity contribution in [1.82, 2.24) is 10.2 Å². The summed E-state index contributed by atoms with van der Waals surface area (Å²) in [5.41, 5.74) is 0.480. The van der Waals surface area contributed by atoms with Crippen molar-refractivity contribution in [1.29, 1.82) is 0 Å². The molecule has 0 saturated heterocycles. The minimum Gasteiger partial charge on any atom is -0.497 e. The molecular weight excluding hydrogens is 461 g/mol. The molecule has 2 amide bonds.